The topological polar surface area (TPSA) is 50.1 Å². The highest BCUT2D eigenvalue weighted by molar-refractivity contribution is 5.91. The van der Waals surface area contributed by atoms with Crippen LogP contribution in [0.15, 0.2) is 42.5 Å². The molecule has 2 aromatic rings. The van der Waals surface area contributed by atoms with E-state index in [0.717, 1.165) is 16.7 Å². The molecule has 2 aromatic carbocycles. The van der Waals surface area contributed by atoms with Crippen LogP contribution in [0.3, 0.4) is 0 Å². The van der Waals surface area contributed by atoms with Gasteiger partial charge in [-0.1, -0.05) is 29.8 Å². The summed E-state index contributed by atoms with van der Waals surface area (Å²) in [4.78, 5) is 12.0. The number of nitrogens with zero attached hydrogens (tertiary/aromatic N) is 1. The van der Waals surface area contributed by atoms with Crippen LogP contribution in [0, 0.1) is 25.2 Å². The second-order valence-electron chi connectivity index (χ2n) is 4.70. The van der Waals surface area contributed by atoms with Crippen molar-refractivity contribution in [3.63, 3.8) is 0 Å². The second kappa shape index (κ2) is 6.03. The number of benzene rings is 2. The van der Waals surface area contributed by atoms with Gasteiger partial charge >= 0.3 is 5.97 Å². The molecule has 100 valence electrons. The lowest BCUT2D eigenvalue weighted by Crippen LogP contribution is -2.07. The van der Waals surface area contributed by atoms with E-state index in [4.69, 9.17) is 10.00 Å². The van der Waals surface area contributed by atoms with Gasteiger partial charge in [-0.25, -0.2) is 4.79 Å². The summed E-state index contributed by atoms with van der Waals surface area (Å²) in [7, 11) is 0. The average molecular weight is 265 g/mol. The van der Waals surface area contributed by atoms with Crippen molar-refractivity contribution in [3.8, 4) is 6.07 Å². The SMILES string of the molecule is Cc1ccc(C)c(C(=O)OCc2ccc(C#N)cc2)c1. The van der Waals surface area contributed by atoms with E-state index < -0.39 is 0 Å². The maximum absolute atomic E-state index is 12.0. The van der Waals surface area contributed by atoms with Gasteiger partial charge in [-0.05, 0) is 43.2 Å². The highest BCUT2D eigenvalue weighted by Crippen LogP contribution is 2.13. The summed E-state index contributed by atoms with van der Waals surface area (Å²) < 4.78 is 5.30. The molecule has 0 aliphatic rings. The van der Waals surface area contributed by atoms with E-state index >= 15 is 0 Å². The van der Waals surface area contributed by atoms with Crippen LogP contribution in [0.25, 0.3) is 0 Å². The van der Waals surface area contributed by atoms with Crippen molar-refractivity contribution in [3.05, 3.63) is 70.3 Å². The number of ether oxygens (including phenoxy) is 1. The standard InChI is InChI=1S/C17H15NO2/c1-12-3-4-13(2)16(9-12)17(19)20-11-15-7-5-14(10-18)6-8-15/h3-9H,11H2,1-2H3. The molecule has 0 saturated carbocycles. The molecular formula is C17H15NO2. The van der Waals surface area contributed by atoms with Gasteiger partial charge < -0.3 is 4.74 Å². The first-order valence-electron chi connectivity index (χ1n) is 6.33. The molecule has 0 aliphatic heterocycles. The molecule has 20 heavy (non-hydrogen) atoms. The van der Waals surface area contributed by atoms with Gasteiger partial charge in [-0.3, -0.25) is 0 Å². The van der Waals surface area contributed by atoms with Crippen molar-refractivity contribution < 1.29 is 9.53 Å². The third-order valence-electron chi connectivity index (χ3n) is 3.07. The smallest absolute Gasteiger partial charge is 0.338 e. The van der Waals surface area contributed by atoms with Crippen LogP contribution >= 0.6 is 0 Å². The van der Waals surface area contributed by atoms with Crippen LogP contribution in [0.2, 0.25) is 0 Å². The number of carbonyl (C=O) groups excluding carboxylic acids is 1. The fraction of sp³-hybridized carbons (Fsp3) is 0.176. The Labute approximate surface area is 118 Å². The zero-order valence-corrected chi connectivity index (χ0v) is 11.5. The Morgan fingerprint density at radius 2 is 1.85 bits per heavy atom. The molecule has 0 saturated heterocycles. The average Bonchev–Trinajstić information content (AvgIpc) is 2.47. The number of hydrogen-bond donors (Lipinski definition) is 0. The molecule has 0 amide bonds. The fourth-order valence-electron chi connectivity index (χ4n) is 1.86. The summed E-state index contributed by atoms with van der Waals surface area (Å²) in [5.74, 6) is -0.324. The Hall–Kier alpha value is -2.60. The van der Waals surface area contributed by atoms with Gasteiger partial charge in [0, 0.05) is 0 Å². The van der Waals surface area contributed by atoms with Crippen molar-refractivity contribution >= 4 is 5.97 Å². The van der Waals surface area contributed by atoms with Gasteiger partial charge in [0.1, 0.15) is 6.61 Å². The summed E-state index contributed by atoms with van der Waals surface area (Å²) in [5, 5.41) is 8.72. The fourth-order valence-corrected chi connectivity index (χ4v) is 1.86. The summed E-state index contributed by atoms with van der Waals surface area (Å²) in [6.45, 7) is 4.03. The number of aryl methyl sites for hydroxylation is 2. The van der Waals surface area contributed by atoms with Crippen molar-refractivity contribution in [2.75, 3.05) is 0 Å². The number of nitriles is 1. The largest absolute Gasteiger partial charge is 0.457 e. The van der Waals surface area contributed by atoms with Crippen LogP contribution in [0.4, 0.5) is 0 Å². The molecule has 0 bridgehead atoms. The maximum Gasteiger partial charge on any atom is 0.338 e. The van der Waals surface area contributed by atoms with Crippen LogP contribution in [-0.2, 0) is 11.3 Å². The number of hydrogen-bond acceptors (Lipinski definition) is 3. The highest BCUT2D eigenvalue weighted by atomic mass is 16.5. The predicted octanol–water partition coefficient (Wildman–Crippen LogP) is 3.53. The minimum atomic E-state index is -0.324. The maximum atomic E-state index is 12.0. The summed E-state index contributed by atoms with van der Waals surface area (Å²) in [5.41, 5.74) is 3.98. The Balaban J connectivity index is 2.04. The third-order valence-corrected chi connectivity index (χ3v) is 3.07. The zero-order valence-electron chi connectivity index (χ0n) is 11.5. The van der Waals surface area contributed by atoms with Crippen LogP contribution in [0.1, 0.15) is 32.6 Å². The molecule has 3 heteroatoms. The molecule has 0 atom stereocenters. The normalized spacial score (nSPS) is 9.85. The molecular weight excluding hydrogens is 250 g/mol. The number of rotatable bonds is 3. The van der Waals surface area contributed by atoms with Gasteiger partial charge in [0.2, 0.25) is 0 Å². The molecule has 0 aromatic heterocycles. The van der Waals surface area contributed by atoms with Crippen molar-refractivity contribution in [2.45, 2.75) is 20.5 Å². The molecule has 0 aliphatic carbocycles. The Morgan fingerprint density at radius 1 is 1.15 bits per heavy atom. The molecule has 0 spiro atoms. The lowest BCUT2D eigenvalue weighted by atomic mass is 10.1. The number of carbonyl (C=O) groups is 1. The van der Waals surface area contributed by atoms with E-state index in [-0.39, 0.29) is 12.6 Å². The molecule has 3 nitrogen and oxygen atoms in total. The van der Waals surface area contributed by atoms with E-state index in [9.17, 15) is 4.79 Å². The Kier molecular flexibility index (Phi) is 4.17. The first-order valence-corrected chi connectivity index (χ1v) is 6.33. The molecule has 0 radical (unpaired) electrons. The monoisotopic (exact) mass is 265 g/mol. The Morgan fingerprint density at radius 3 is 2.50 bits per heavy atom. The van der Waals surface area contributed by atoms with Crippen LogP contribution in [-0.4, -0.2) is 5.97 Å². The van der Waals surface area contributed by atoms with E-state index in [0.29, 0.717) is 11.1 Å². The van der Waals surface area contributed by atoms with Crippen molar-refractivity contribution in [2.24, 2.45) is 0 Å². The Bertz CT molecular complexity index is 666. The summed E-state index contributed by atoms with van der Waals surface area (Å²) in [6.07, 6.45) is 0. The van der Waals surface area contributed by atoms with Crippen LogP contribution < -0.4 is 0 Å². The predicted molar refractivity (Wildman–Crippen MR) is 76.2 cm³/mol. The van der Waals surface area contributed by atoms with E-state index in [2.05, 4.69) is 6.07 Å². The van der Waals surface area contributed by atoms with Gasteiger partial charge in [-0.2, -0.15) is 5.26 Å². The minimum absolute atomic E-state index is 0.206. The van der Waals surface area contributed by atoms with Gasteiger partial charge in [-0.15, -0.1) is 0 Å². The molecule has 0 fully saturated rings. The zero-order chi connectivity index (χ0) is 14.5. The van der Waals surface area contributed by atoms with Crippen LogP contribution in [0.5, 0.6) is 0 Å². The molecule has 0 unspecified atom stereocenters. The van der Waals surface area contributed by atoms with Gasteiger partial charge in [0.05, 0.1) is 17.2 Å². The number of esters is 1. The van der Waals surface area contributed by atoms with E-state index in [1.54, 1.807) is 24.3 Å². The first kappa shape index (κ1) is 13.8. The van der Waals surface area contributed by atoms with Crippen molar-refractivity contribution in [1.82, 2.24) is 0 Å². The summed E-state index contributed by atoms with van der Waals surface area (Å²) >= 11 is 0. The van der Waals surface area contributed by atoms with E-state index in [1.165, 1.54) is 0 Å². The third kappa shape index (κ3) is 3.24. The first-order chi connectivity index (χ1) is 9.60. The quantitative estimate of drug-likeness (QED) is 0.798. The van der Waals surface area contributed by atoms with Crippen molar-refractivity contribution in [1.29, 1.82) is 5.26 Å². The van der Waals surface area contributed by atoms with Gasteiger partial charge in [0.15, 0.2) is 0 Å². The minimum Gasteiger partial charge on any atom is -0.457 e. The second-order valence-corrected chi connectivity index (χ2v) is 4.70. The summed E-state index contributed by atoms with van der Waals surface area (Å²) in [6, 6.07) is 14.7. The van der Waals surface area contributed by atoms with E-state index in [1.807, 2.05) is 32.0 Å². The molecule has 2 rings (SSSR count). The van der Waals surface area contributed by atoms with Gasteiger partial charge in [0.25, 0.3) is 0 Å². The molecule has 0 heterocycles. The lowest BCUT2D eigenvalue weighted by Gasteiger charge is -2.08. The lowest BCUT2D eigenvalue weighted by molar-refractivity contribution is 0.0472. The molecule has 0 N–H and O–H groups in total. The highest BCUT2D eigenvalue weighted by Gasteiger charge is 2.10.